The van der Waals surface area contributed by atoms with Crippen LogP contribution in [-0.4, -0.2) is 32.0 Å². The average molecular weight is 291 g/mol. The molecule has 1 aromatic carbocycles. The van der Waals surface area contributed by atoms with E-state index in [4.69, 9.17) is 9.47 Å². The highest BCUT2D eigenvalue weighted by molar-refractivity contribution is 5.33. The third kappa shape index (κ3) is 3.65. The molecule has 1 N–H and O–H groups in total. The Kier molecular flexibility index (Phi) is 5.80. The van der Waals surface area contributed by atoms with Gasteiger partial charge >= 0.3 is 0 Å². The summed E-state index contributed by atoms with van der Waals surface area (Å²) in [5.74, 6) is 0. The number of rotatable bonds is 6. The van der Waals surface area contributed by atoms with Crippen LogP contribution in [0, 0.1) is 13.8 Å². The second kappa shape index (κ2) is 7.39. The van der Waals surface area contributed by atoms with Gasteiger partial charge in [0.25, 0.3) is 0 Å². The molecule has 1 aliphatic heterocycles. The lowest BCUT2D eigenvalue weighted by Gasteiger charge is -2.43. The zero-order valence-electron chi connectivity index (χ0n) is 13.9. The van der Waals surface area contributed by atoms with E-state index in [-0.39, 0.29) is 11.6 Å². The van der Waals surface area contributed by atoms with Gasteiger partial charge in [0.2, 0.25) is 0 Å². The number of likely N-dealkylation sites (N-methyl/N-ethyl adjacent to an activating group) is 1. The van der Waals surface area contributed by atoms with Crippen molar-refractivity contribution >= 4 is 0 Å². The summed E-state index contributed by atoms with van der Waals surface area (Å²) in [4.78, 5) is 0. The van der Waals surface area contributed by atoms with E-state index in [1.807, 2.05) is 0 Å². The molecule has 0 bridgehead atoms. The van der Waals surface area contributed by atoms with Crippen LogP contribution in [0.4, 0.5) is 0 Å². The average Bonchev–Trinajstić information content (AvgIpc) is 2.49. The fourth-order valence-corrected chi connectivity index (χ4v) is 3.28. The molecular weight excluding hydrogens is 262 g/mol. The van der Waals surface area contributed by atoms with Crippen molar-refractivity contribution in [3.05, 3.63) is 34.9 Å². The molecule has 2 rings (SSSR count). The van der Waals surface area contributed by atoms with Crippen LogP contribution in [-0.2, 0) is 9.47 Å². The molecule has 0 amide bonds. The quantitative estimate of drug-likeness (QED) is 0.869. The minimum Gasteiger partial charge on any atom is -0.381 e. The van der Waals surface area contributed by atoms with E-state index in [1.54, 1.807) is 0 Å². The molecule has 21 heavy (non-hydrogen) atoms. The molecule has 1 aliphatic rings. The maximum Gasteiger partial charge on any atom is 0.0919 e. The summed E-state index contributed by atoms with van der Waals surface area (Å²) < 4.78 is 11.8. The van der Waals surface area contributed by atoms with Gasteiger partial charge in [0.15, 0.2) is 0 Å². The lowest BCUT2D eigenvalue weighted by atomic mass is 9.81. The third-order valence-corrected chi connectivity index (χ3v) is 4.57. The molecular formula is C18H29NO2. The van der Waals surface area contributed by atoms with Crippen LogP contribution >= 0.6 is 0 Å². The van der Waals surface area contributed by atoms with Crippen molar-refractivity contribution in [2.24, 2.45) is 0 Å². The first-order valence-electron chi connectivity index (χ1n) is 8.15. The predicted molar refractivity (Wildman–Crippen MR) is 86.7 cm³/mol. The Bertz CT molecular complexity index is 447. The van der Waals surface area contributed by atoms with Gasteiger partial charge in [-0.2, -0.15) is 0 Å². The molecule has 1 aromatic rings. The molecule has 0 saturated carbocycles. The lowest BCUT2D eigenvalue weighted by Crippen LogP contribution is -2.50. The van der Waals surface area contributed by atoms with E-state index >= 15 is 0 Å². The monoisotopic (exact) mass is 291 g/mol. The van der Waals surface area contributed by atoms with Crippen LogP contribution in [0.5, 0.6) is 0 Å². The van der Waals surface area contributed by atoms with Crippen LogP contribution in [0.1, 0.15) is 49.4 Å². The molecule has 1 heterocycles. The summed E-state index contributed by atoms with van der Waals surface area (Å²) in [6.45, 7) is 11.8. The summed E-state index contributed by atoms with van der Waals surface area (Å²) >= 11 is 0. The molecule has 0 aliphatic carbocycles. The van der Waals surface area contributed by atoms with Crippen molar-refractivity contribution in [3.8, 4) is 0 Å². The molecule has 1 saturated heterocycles. The summed E-state index contributed by atoms with van der Waals surface area (Å²) in [6.07, 6.45) is 1.90. The smallest absolute Gasteiger partial charge is 0.0919 e. The molecule has 3 heteroatoms. The van der Waals surface area contributed by atoms with Crippen LogP contribution in [0.3, 0.4) is 0 Å². The van der Waals surface area contributed by atoms with Crippen molar-refractivity contribution < 1.29 is 9.47 Å². The number of ether oxygens (including phenoxy) is 2. The van der Waals surface area contributed by atoms with E-state index in [1.165, 1.54) is 16.7 Å². The maximum absolute atomic E-state index is 6.27. The highest BCUT2D eigenvalue weighted by atomic mass is 16.5. The molecule has 1 unspecified atom stereocenters. The van der Waals surface area contributed by atoms with Gasteiger partial charge in [-0.15, -0.1) is 0 Å². The molecule has 3 nitrogen and oxygen atoms in total. The molecule has 118 valence electrons. The van der Waals surface area contributed by atoms with Gasteiger partial charge in [-0.1, -0.05) is 25.1 Å². The van der Waals surface area contributed by atoms with Crippen molar-refractivity contribution in [3.63, 3.8) is 0 Å². The Morgan fingerprint density at radius 2 is 1.90 bits per heavy atom. The van der Waals surface area contributed by atoms with Crippen molar-refractivity contribution in [2.75, 3.05) is 26.4 Å². The SMILES string of the molecule is CCNC(c1ccc(C)c(C)c1)C1(OCC)CCOCC1. The van der Waals surface area contributed by atoms with Gasteiger partial charge in [-0.05, 0) is 44.0 Å². The Morgan fingerprint density at radius 3 is 2.48 bits per heavy atom. The minimum absolute atomic E-state index is 0.148. The van der Waals surface area contributed by atoms with Crippen molar-refractivity contribution in [1.29, 1.82) is 0 Å². The Balaban J connectivity index is 2.36. The Hall–Kier alpha value is -0.900. The van der Waals surface area contributed by atoms with Crippen LogP contribution in [0.15, 0.2) is 18.2 Å². The summed E-state index contributed by atoms with van der Waals surface area (Å²) in [7, 11) is 0. The second-order valence-electron chi connectivity index (χ2n) is 5.94. The predicted octanol–water partition coefficient (Wildman–Crippen LogP) is 3.54. The first-order chi connectivity index (χ1) is 10.1. The standard InChI is InChI=1S/C18H29NO2/c1-5-19-17(16-8-7-14(3)15(4)13-16)18(21-6-2)9-11-20-12-10-18/h7-8,13,17,19H,5-6,9-12H2,1-4H3. The van der Waals surface area contributed by atoms with Gasteiger partial charge in [0.1, 0.15) is 0 Å². The summed E-state index contributed by atoms with van der Waals surface area (Å²) in [5.41, 5.74) is 3.86. The molecule has 0 radical (unpaired) electrons. The summed E-state index contributed by atoms with van der Waals surface area (Å²) in [5, 5.41) is 3.66. The van der Waals surface area contributed by atoms with Gasteiger partial charge in [0.05, 0.1) is 11.6 Å². The normalized spacial score (nSPS) is 19.4. The maximum atomic E-state index is 6.27. The van der Waals surface area contributed by atoms with Crippen LogP contribution in [0.2, 0.25) is 0 Å². The minimum atomic E-state index is -0.148. The number of hydrogen-bond acceptors (Lipinski definition) is 3. The molecule has 0 aromatic heterocycles. The van der Waals surface area contributed by atoms with Gasteiger partial charge < -0.3 is 14.8 Å². The fraction of sp³-hybridized carbons (Fsp3) is 0.667. The van der Waals surface area contributed by atoms with Gasteiger partial charge in [-0.25, -0.2) is 0 Å². The Labute approximate surface area is 129 Å². The summed E-state index contributed by atoms with van der Waals surface area (Å²) in [6, 6.07) is 6.99. The number of benzene rings is 1. The largest absolute Gasteiger partial charge is 0.381 e. The van der Waals surface area contributed by atoms with E-state index in [0.717, 1.165) is 39.2 Å². The van der Waals surface area contributed by atoms with E-state index in [9.17, 15) is 0 Å². The number of aryl methyl sites for hydroxylation is 2. The fourth-order valence-electron chi connectivity index (χ4n) is 3.28. The third-order valence-electron chi connectivity index (χ3n) is 4.57. The first kappa shape index (κ1) is 16.5. The van der Waals surface area contributed by atoms with Crippen LogP contribution < -0.4 is 5.32 Å². The molecule has 1 atom stereocenters. The molecule has 1 fully saturated rings. The highest BCUT2D eigenvalue weighted by Crippen LogP contribution is 2.38. The van der Waals surface area contributed by atoms with Crippen molar-refractivity contribution in [1.82, 2.24) is 5.32 Å². The highest BCUT2D eigenvalue weighted by Gasteiger charge is 2.41. The lowest BCUT2D eigenvalue weighted by molar-refractivity contribution is -0.127. The Morgan fingerprint density at radius 1 is 1.19 bits per heavy atom. The van der Waals surface area contributed by atoms with Gasteiger partial charge in [0, 0.05) is 32.7 Å². The van der Waals surface area contributed by atoms with E-state index in [2.05, 4.69) is 51.2 Å². The number of nitrogens with one attached hydrogen (secondary N) is 1. The topological polar surface area (TPSA) is 30.5 Å². The van der Waals surface area contributed by atoms with Crippen molar-refractivity contribution in [2.45, 2.75) is 52.2 Å². The first-order valence-corrected chi connectivity index (χ1v) is 8.15. The number of hydrogen-bond donors (Lipinski definition) is 1. The van der Waals surface area contributed by atoms with Crippen LogP contribution in [0.25, 0.3) is 0 Å². The van der Waals surface area contributed by atoms with Gasteiger partial charge in [-0.3, -0.25) is 0 Å². The zero-order chi connectivity index (χ0) is 15.3. The van der Waals surface area contributed by atoms with E-state index < -0.39 is 0 Å². The zero-order valence-corrected chi connectivity index (χ0v) is 13.9. The second-order valence-corrected chi connectivity index (χ2v) is 5.94. The molecule has 0 spiro atoms. The van der Waals surface area contributed by atoms with E-state index in [0.29, 0.717) is 0 Å².